The Hall–Kier alpha value is -3.61. The number of hydrogen-bond acceptors (Lipinski definition) is 5. The predicted molar refractivity (Wildman–Crippen MR) is 97.8 cm³/mol. The van der Waals surface area contributed by atoms with Crippen LogP contribution in [-0.2, 0) is 6.54 Å². The monoisotopic (exact) mass is 332 g/mol. The molecule has 124 valence electrons. The Balaban J connectivity index is 1.57. The first-order valence-corrected chi connectivity index (χ1v) is 7.78. The van der Waals surface area contributed by atoms with Crippen molar-refractivity contribution < 1.29 is 4.79 Å². The third-order valence-electron chi connectivity index (χ3n) is 4.10. The van der Waals surface area contributed by atoms with Crippen molar-refractivity contribution in [2.45, 2.75) is 6.54 Å². The van der Waals surface area contributed by atoms with Gasteiger partial charge in [-0.15, -0.1) is 0 Å². The molecule has 7 nitrogen and oxygen atoms in total. The molecule has 0 saturated heterocycles. The Kier molecular flexibility index (Phi) is 3.46. The highest BCUT2D eigenvalue weighted by Gasteiger charge is 2.11. The fraction of sp³-hybridized carbons (Fsp3) is 0.0556. The van der Waals surface area contributed by atoms with Crippen LogP contribution in [0.15, 0.2) is 48.7 Å². The van der Waals surface area contributed by atoms with E-state index in [1.54, 1.807) is 6.07 Å². The van der Waals surface area contributed by atoms with Crippen LogP contribution in [0, 0.1) is 0 Å². The van der Waals surface area contributed by atoms with E-state index in [0.29, 0.717) is 23.4 Å². The van der Waals surface area contributed by atoms with E-state index in [0.717, 1.165) is 21.9 Å². The molecule has 0 aliphatic carbocycles. The summed E-state index contributed by atoms with van der Waals surface area (Å²) in [6.07, 6.45) is 1.82. The molecule has 0 aliphatic rings. The average molecular weight is 332 g/mol. The van der Waals surface area contributed by atoms with Gasteiger partial charge in [-0.25, -0.2) is 4.98 Å². The molecule has 0 bridgehead atoms. The van der Waals surface area contributed by atoms with Gasteiger partial charge in [-0.3, -0.25) is 4.79 Å². The summed E-state index contributed by atoms with van der Waals surface area (Å²) in [7, 11) is 0. The standard InChI is InChI=1S/C18H16N6O/c19-16-13-5-4-10(8-15(13)23-18(20)24-16)9-22-17(25)12-2-1-3-14-11(12)6-7-21-14/h1-8,21H,9H2,(H,22,25)(H4,19,20,23,24). The minimum atomic E-state index is -0.132. The fourth-order valence-electron chi connectivity index (χ4n) is 2.89. The first-order chi connectivity index (χ1) is 12.1. The molecule has 0 spiro atoms. The van der Waals surface area contributed by atoms with Crippen molar-refractivity contribution in [1.82, 2.24) is 20.3 Å². The summed E-state index contributed by atoms with van der Waals surface area (Å²) >= 11 is 0. The molecule has 0 fully saturated rings. The zero-order chi connectivity index (χ0) is 17.4. The number of amides is 1. The van der Waals surface area contributed by atoms with Crippen LogP contribution in [0.2, 0.25) is 0 Å². The Labute approximate surface area is 143 Å². The number of fused-ring (bicyclic) bond motifs is 2. The Morgan fingerprint density at radius 1 is 1.08 bits per heavy atom. The second-order valence-electron chi connectivity index (χ2n) is 5.75. The summed E-state index contributed by atoms with van der Waals surface area (Å²) in [6.45, 7) is 0.374. The van der Waals surface area contributed by atoms with Crippen LogP contribution >= 0.6 is 0 Å². The molecule has 2 heterocycles. The molecule has 4 aromatic rings. The first-order valence-electron chi connectivity index (χ1n) is 7.78. The average Bonchev–Trinajstić information content (AvgIpc) is 3.07. The maximum absolute atomic E-state index is 12.5. The number of nitrogens with two attached hydrogens (primary N) is 2. The molecular weight excluding hydrogens is 316 g/mol. The number of H-pyrrole nitrogens is 1. The zero-order valence-electron chi connectivity index (χ0n) is 13.3. The first kappa shape index (κ1) is 14.9. The summed E-state index contributed by atoms with van der Waals surface area (Å²) < 4.78 is 0. The van der Waals surface area contributed by atoms with Crippen molar-refractivity contribution in [2.24, 2.45) is 0 Å². The summed E-state index contributed by atoms with van der Waals surface area (Å²) in [6, 6.07) is 13.0. The van der Waals surface area contributed by atoms with Crippen LogP contribution in [0.1, 0.15) is 15.9 Å². The maximum atomic E-state index is 12.5. The van der Waals surface area contributed by atoms with Crippen molar-refractivity contribution in [1.29, 1.82) is 0 Å². The van der Waals surface area contributed by atoms with Gasteiger partial charge in [0.15, 0.2) is 0 Å². The molecule has 0 unspecified atom stereocenters. The number of aromatic amines is 1. The lowest BCUT2D eigenvalue weighted by molar-refractivity contribution is 0.0952. The highest BCUT2D eigenvalue weighted by molar-refractivity contribution is 6.06. The Morgan fingerprint density at radius 3 is 2.84 bits per heavy atom. The Morgan fingerprint density at radius 2 is 1.96 bits per heavy atom. The molecule has 2 aromatic heterocycles. The minimum Gasteiger partial charge on any atom is -0.383 e. The van der Waals surface area contributed by atoms with Crippen molar-refractivity contribution in [3.63, 3.8) is 0 Å². The number of benzene rings is 2. The van der Waals surface area contributed by atoms with Crippen LogP contribution in [0.5, 0.6) is 0 Å². The summed E-state index contributed by atoms with van der Waals surface area (Å²) in [4.78, 5) is 23.7. The van der Waals surface area contributed by atoms with Gasteiger partial charge in [0.2, 0.25) is 5.95 Å². The SMILES string of the molecule is Nc1nc(N)c2ccc(CNC(=O)c3cccc4[nH]ccc34)cc2n1. The van der Waals surface area contributed by atoms with Crippen LogP contribution in [0.3, 0.4) is 0 Å². The molecular formula is C18H16N6O. The van der Waals surface area contributed by atoms with E-state index in [-0.39, 0.29) is 11.9 Å². The van der Waals surface area contributed by atoms with Gasteiger partial charge < -0.3 is 21.8 Å². The van der Waals surface area contributed by atoms with E-state index in [1.807, 2.05) is 42.6 Å². The van der Waals surface area contributed by atoms with Crippen LogP contribution in [0.4, 0.5) is 11.8 Å². The highest BCUT2D eigenvalue weighted by Crippen LogP contribution is 2.20. The number of nitrogen functional groups attached to an aromatic ring is 2. The predicted octanol–water partition coefficient (Wildman–Crippen LogP) is 2.21. The van der Waals surface area contributed by atoms with Crippen LogP contribution < -0.4 is 16.8 Å². The number of aromatic nitrogens is 3. The maximum Gasteiger partial charge on any atom is 0.252 e. The number of nitrogens with one attached hydrogen (secondary N) is 2. The molecule has 1 amide bonds. The number of nitrogens with zero attached hydrogens (tertiary/aromatic N) is 2. The topological polar surface area (TPSA) is 123 Å². The lowest BCUT2D eigenvalue weighted by atomic mass is 10.1. The molecule has 25 heavy (non-hydrogen) atoms. The summed E-state index contributed by atoms with van der Waals surface area (Å²) in [5.41, 5.74) is 14.6. The molecule has 7 heteroatoms. The number of rotatable bonds is 3. The smallest absolute Gasteiger partial charge is 0.252 e. The van der Waals surface area contributed by atoms with E-state index in [2.05, 4.69) is 20.3 Å². The molecule has 4 rings (SSSR count). The van der Waals surface area contributed by atoms with Gasteiger partial charge in [-0.2, -0.15) is 4.98 Å². The largest absolute Gasteiger partial charge is 0.383 e. The van der Waals surface area contributed by atoms with Crippen LogP contribution in [0.25, 0.3) is 21.8 Å². The van der Waals surface area contributed by atoms with Crippen molar-refractivity contribution in [2.75, 3.05) is 11.5 Å². The lowest BCUT2D eigenvalue weighted by Crippen LogP contribution is -2.22. The highest BCUT2D eigenvalue weighted by atomic mass is 16.1. The normalized spacial score (nSPS) is 11.0. The minimum absolute atomic E-state index is 0.130. The third-order valence-corrected chi connectivity index (χ3v) is 4.10. The third kappa shape index (κ3) is 2.72. The molecule has 2 aromatic carbocycles. The van der Waals surface area contributed by atoms with Gasteiger partial charge in [0.25, 0.3) is 5.91 Å². The van der Waals surface area contributed by atoms with Gasteiger partial charge in [-0.05, 0) is 35.9 Å². The fourth-order valence-corrected chi connectivity index (χ4v) is 2.89. The molecule has 0 aliphatic heterocycles. The van der Waals surface area contributed by atoms with Gasteiger partial charge in [0.05, 0.1) is 5.52 Å². The number of carbonyl (C=O) groups is 1. The van der Waals surface area contributed by atoms with Gasteiger partial charge in [0.1, 0.15) is 5.82 Å². The van der Waals surface area contributed by atoms with Gasteiger partial charge in [0, 0.05) is 34.6 Å². The summed E-state index contributed by atoms with van der Waals surface area (Å²) in [5, 5.41) is 4.56. The number of anilines is 2. The summed E-state index contributed by atoms with van der Waals surface area (Å²) in [5.74, 6) is 0.342. The number of carbonyl (C=O) groups excluding carboxylic acids is 1. The molecule has 6 N–H and O–H groups in total. The second kappa shape index (κ2) is 5.79. The van der Waals surface area contributed by atoms with Gasteiger partial charge >= 0.3 is 0 Å². The van der Waals surface area contributed by atoms with Gasteiger partial charge in [-0.1, -0.05) is 12.1 Å². The lowest BCUT2D eigenvalue weighted by Gasteiger charge is -2.08. The van der Waals surface area contributed by atoms with E-state index in [4.69, 9.17) is 11.5 Å². The van der Waals surface area contributed by atoms with Crippen LogP contribution in [-0.4, -0.2) is 20.9 Å². The molecule has 0 saturated carbocycles. The van der Waals surface area contributed by atoms with Crippen molar-refractivity contribution in [3.05, 3.63) is 59.8 Å². The quantitative estimate of drug-likeness (QED) is 0.458. The Bertz CT molecular complexity index is 1100. The van der Waals surface area contributed by atoms with E-state index in [9.17, 15) is 4.79 Å². The second-order valence-corrected chi connectivity index (χ2v) is 5.75. The van der Waals surface area contributed by atoms with Crippen molar-refractivity contribution in [3.8, 4) is 0 Å². The number of hydrogen-bond donors (Lipinski definition) is 4. The molecule has 0 atom stereocenters. The van der Waals surface area contributed by atoms with E-state index in [1.165, 1.54) is 0 Å². The van der Waals surface area contributed by atoms with Crippen molar-refractivity contribution >= 4 is 39.5 Å². The zero-order valence-corrected chi connectivity index (χ0v) is 13.3. The van der Waals surface area contributed by atoms with E-state index >= 15 is 0 Å². The molecule has 0 radical (unpaired) electrons. The van der Waals surface area contributed by atoms with E-state index < -0.39 is 0 Å².